The minimum absolute atomic E-state index is 1.22. The molecule has 0 amide bonds. The predicted octanol–water partition coefficient (Wildman–Crippen LogP) is 13.5. The van der Waals surface area contributed by atoms with E-state index < -0.39 is 0 Å². The van der Waals surface area contributed by atoms with Gasteiger partial charge in [-0.15, -0.1) is 0 Å². The molecule has 0 heteroatoms. The average Bonchev–Trinajstić information content (AvgIpc) is 3.17. The lowest BCUT2D eigenvalue weighted by Crippen LogP contribution is -1.84. The first-order valence-electron chi connectivity index (χ1n) is 16.6. The maximum Gasteiger partial charge on any atom is -0.0105 e. The maximum atomic E-state index is 2.30. The van der Waals surface area contributed by atoms with Crippen LogP contribution in [0.25, 0.3) is 88.0 Å². The van der Waals surface area contributed by atoms with Crippen LogP contribution in [0.2, 0.25) is 0 Å². The lowest BCUT2D eigenvalue weighted by molar-refractivity contribution is 1.60. The van der Waals surface area contributed by atoms with Gasteiger partial charge in [-0.2, -0.15) is 0 Å². The highest BCUT2D eigenvalue weighted by Gasteiger charge is 2.08. The molecule has 0 saturated heterocycles. The van der Waals surface area contributed by atoms with Gasteiger partial charge in [0.15, 0.2) is 0 Å². The Morgan fingerprint density at radius 2 is 0.542 bits per heavy atom. The fourth-order valence-corrected chi connectivity index (χ4v) is 7.01. The normalized spacial score (nSPS) is 11.3. The molecule has 0 fully saturated rings. The number of benzene rings is 9. The topological polar surface area (TPSA) is 0 Å². The molecule has 0 heterocycles. The number of hydrogen-bond donors (Lipinski definition) is 0. The Bertz CT molecular complexity index is 2570. The van der Waals surface area contributed by atoms with Gasteiger partial charge in [0.25, 0.3) is 0 Å². The second-order valence-electron chi connectivity index (χ2n) is 12.6. The fraction of sp³-hybridized carbons (Fsp3) is 0. The molecule has 0 nitrogen and oxygen atoms in total. The summed E-state index contributed by atoms with van der Waals surface area (Å²) >= 11 is 0. The van der Waals surface area contributed by atoms with E-state index >= 15 is 0 Å². The van der Waals surface area contributed by atoms with E-state index in [4.69, 9.17) is 0 Å². The zero-order chi connectivity index (χ0) is 31.9. The summed E-state index contributed by atoms with van der Waals surface area (Å²) in [6.07, 6.45) is 0. The summed E-state index contributed by atoms with van der Waals surface area (Å²) < 4.78 is 0. The van der Waals surface area contributed by atoms with Crippen molar-refractivity contribution in [2.24, 2.45) is 0 Å². The minimum atomic E-state index is 1.22. The number of rotatable bonds is 5. The van der Waals surface area contributed by atoms with Gasteiger partial charge in [0.2, 0.25) is 0 Å². The van der Waals surface area contributed by atoms with Crippen molar-refractivity contribution in [2.45, 2.75) is 0 Å². The molecular formula is C48H32. The van der Waals surface area contributed by atoms with Crippen LogP contribution in [-0.2, 0) is 0 Å². The van der Waals surface area contributed by atoms with Crippen molar-refractivity contribution in [2.75, 3.05) is 0 Å². The molecule has 9 aromatic carbocycles. The molecule has 9 aromatic rings. The van der Waals surface area contributed by atoms with Gasteiger partial charge in [-0.1, -0.05) is 170 Å². The van der Waals surface area contributed by atoms with Gasteiger partial charge in [-0.3, -0.25) is 0 Å². The van der Waals surface area contributed by atoms with Crippen LogP contribution in [0.4, 0.5) is 0 Å². The molecule has 0 aliphatic heterocycles. The predicted molar refractivity (Wildman–Crippen MR) is 206 cm³/mol. The first-order chi connectivity index (χ1) is 23.7. The Kier molecular flexibility index (Phi) is 6.91. The average molecular weight is 609 g/mol. The monoisotopic (exact) mass is 608 g/mol. The van der Waals surface area contributed by atoms with Crippen LogP contribution in [0.1, 0.15) is 0 Å². The van der Waals surface area contributed by atoms with Crippen molar-refractivity contribution < 1.29 is 0 Å². The van der Waals surface area contributed by atoms with E-state index in [1.165, 1.54) is 88.0 Å². The first kappa shape index (κ1) is 28.0. The highest BCUT2D eigenvalue weighted by atomic mass is 14.1. The third-order valence-corrected chi connectivity index (χ3v) is 9.66. The van der Waals surface area contributed by atoms with Crippen LogP contribution in [-0.4, -0.2) is 0 Å². The van der Waals surface area contributed by atoms with E-state index in [9.17, 15) is 0 Å². The zero-order valence-electron chi connectivity index (χ0n) is 26.5. The Labute approximate surface area is 281 Å². The Morgan fingerprint density at radius 3 is 1.02 bits per heavy atom. The van der Waals surface area contributed by atoms with Crippen molar-refractivity contribution in [3.63, 3.8) is 0 Å². The van der Waals surface area contributed by atoms with Gasteiger partial charge < -0.3 is 0 Å². The zero-order valence-corrected chi connectivity index (χ0v) is 26.5. The van der Waals surface area contributed by atoms with Crippen LogP contribution in [0.3, 0.4) is 0 Å². The maximum absolute atomic E-state index is 2.30. The summed E-state index contributed by atoms with van der Waals surface area (Å²) in [4.78, 5) is 0. The van der Waals surface area contributed by atoms with E-state index in [-0.39, 0.29) is 0 Å². The van der Waals surface area contributed by atoms with E-state index in [1.54, 1.807) is 0 Å². The summed E-state index contributed by atoms with van der Waals surface area (Å²) in [5, 5.41) is 7.57. The highest BCUT2D eigenvalue weighted by Crippen LogP contribution is 2.34. The third-order valence-electron chi connectivity index (χ3n) is 9.66. The summed E-state index contributed by atoms with van der Waals surface area (Å²) in [6, 6.07) is 70.7. The molecule has 0 N–H and O–H groups in total. The van der Waals surface area contributed by atoms with Gasteiger partial charge >= 0.3 is 0 Å². The van der Waals surface area contributed by atoms with Crippen molar-refractivity contribution in [1.82, 2.24) is 0 Å². The van der Waals surface area contributed by atoms with Crippen LogP contribution < -0.4 is 0 Å². The SMILES string of the molecule is c1ccc(-c2ccc3cc(-c4ccc(-c5ccc6cc(-c7ccc(-c8cccc9ccccc89)cc7)ccc6c5)cc4)ccc3c2)cc1. The molecule has 0 atom stereocenters. The van der Waals surface area contributed by atoms with Crippen molar-refractivity contribution >= 4 is 32.3 Å². The molecule has 0 radical (unpaired) electrons. The van der Waals surface area contributed by atoms with E-state index in [1.807, 2.05) is 0 Å². The number of fused-ring (bicyclic) bond motifs is 3. The van der Waals surface area contributed by atoms with Crippen molar-refractivity contribution in [1.29, 1.82) is 0 Å². The summed E-state index contributed by atoms with van der Waals surface area (Å²) in [7, 11) is 0. The molecule has 9 rings (SSSR count). The lowest BCUT2D eigenvalue weighted by Gasteiger charge is -2.10. The molecule has 0 aliphatic rings. The molecule has 0 spiro atoms. The van der Waals surface area contributed by atoms with E-state index in [2.05, 4.69) is 194 Å². The van der Waals surface area contributed by atoms with E-state index in [0.717, 1.165) is 0 Å². The molecule has 48 heavy (non-hydrogen) atoms. The van der Waals surface area contributed by atoms with Crippen LogP contribution in [0.15, 0.2) is 194 Å². The van der Waals surface area contributed by atoms with Crippen molar-refractivity contribution in [3.05, 3.63) is 194 Å². The smallest absolute Gasteiger partial charge is 0.0105 e. The molecule has 0 aliphatic carbocycles. The number of hydrogen-bond acceptors (Lipinski definition) is 0. The third kappa shape index (κ3) is 5.24. The molecule has 224 valence electrons. The van der Waals surface area contributed by atoms with Gasteiger partial charge in [-0.25, -0.2) is 0 Å². The summed E-state index contributed by atoms with van der Waals surface area (Å²) in [5.41, 5.74) is 12.4. The van der Waals surface area contributed by atoms with E-state index in [0.29, 0.717) is 0 Å². The summed E-state index contributed by atoms with van der Waals surface area (Å²) in [6.45, 7) is 0. The van der Waals surface area contributed by atoms with Gasteiger partial charge in [0, 0.05) is 0 Å². The molecule has 0 aromatic heterocycles. The Morgan fingerprint density at radius 1 is 0.188 bits per heavy atom. The minimum Gasteiger partial charge on any atom is -0.0622 e. The van der Waals surface area contributed by atoms with Gasteiger partial charge in [0.1, 0.15) is 0 Å². The largest absolute Gasteiger partial charge is 0.0622 e. The van der Waals surface area contributed by atoms with Crippen molar-refractivity contribution in [3.8, 4) is 55.6 Å². The highest BCUT2D eigenvalue weighted by molar-refractivity contribution is 5.97. The second-order valence-corrected chi connectivity index (χ2v) is 12.6. The Balaban J connectivity index is 0.948. The van der Waals surface area contributed by atoms with Crippen LogP contribution >= 0.6 is 0 Å². The molecule has 0 unspecified atom stereocenters. The van der Waals surface area contributed by atoms with Gasteiger partial charge in [-0.05, 0) is 112 Å². The first-order valence-corrected chi connectivity index (χ1v) is 16.6. The molecule has 0 bridgehead atoms. The van der Waals surface area contributed by atoms with Crippen LogP contribution in [0.5, 0.6) is 0 Å². The quantitative estimate of drug-likeness (QED) is 0.182. The standard InChI is InChI=1S/C48H32/c1-2-7-33(8-3-1)39-21-25-44-30-40(22-26-43(44)29-39)34-13-15-35(16-14-34)41-23-27-46-32-42(24-28-45(46)31-41)36-17-19-38(20-18-36)48-12-6-10-37-9-4-5-11-47(37)48/h1-32H. The lowest BCUT2D eigenvalue weighted by atomic mass is 9.94. The Hall–Kier alpha value is -6.24. The summed E-state index contributed by atoms with van der Waals surface area (Å²) in [5.74, 6) is 0. The molecular weight excluding hydrogens is 577 g/mol. The second kappa shape index (κ2) is 11.8. The van der Waals surface area contributed by atoms with Crippen LogP contribution in [0, 0.1) is 0 Å². The van der Waals surface area contributed by atoms with Gasteiger partial charge in [0.05, 0.1) is 0 Å². The fourth-order valence-electron chi connectivity index (χ4n) is 7.01. The molecule has 0 saturated carbocycles.